The van der Waals surface area contributed by atoms with Crippen LogP contribution in [0, 0.1) is 0 Å². The van der Waals surface area contributed by atoms with Gasteiger partial charge in [0.05, 0.1) is 11.4 Å². The van der Waals surface area contributed by atoms with Crippen molar-refractivity contribution in [3.05, 3.63) is 48.6 Å². The number of rotatable bonds is 5. The van der Waals surface area contributed by atoms with Gasteiger partial charge in [0, 0.05) is 12.2 Å². The topological polar surface area (TPSA) is 105 Å². The number of nitrogens with one attached hydrogen (secondary N) is 2. The lowest BCUT2D eigenvalue weighted by molar-refractivity contribution is -0.131. The molecule has 2 amide bonds. The van der Waals surface area contributed by atoms with E-state index in [1.807, 2.05) is 0 Å². The molecule has 0 unspecified atom stereocenters. The molecule has 0 fully saturated rings. The van der Waals surface area contributed by atoms with Crippen LogP contribution < -0.4 is 10.6 Å². The highest BCUT2D eigenvalue weighted by atomic mass is 16.6. The summed E-state index contributed by atoms with van der Waals surface area (Å²) in [6.45, 7) is 5.24. The van der Waals surface area contributed by atoms with E-state index in [0.717, 1.165) is 6.08 Å². The number of ether oxygens (including phenoxy) is 1. The average Bonchev–Trinajstić information content (AvgIpc) is 2.43. The zero-order chi connectivity index (χ0) is 18.2. The third-order valence-electron chi connectivity index (χ3n) is 2.42. The number of allylic oxidation sites excluding steroid dienone is 2. The third kappa shape index (κ3) is 7.79. The fourth-order valence-corrected chi connectivity index (χ4v) is 1.57. The molecule has 1 aromatic carbocycles. The van der Waals surface area contributed by atoms with Crippen molar-refractivity contribution in [2.24, 2.45) is 0 Å². The van der Waals surface area contributed by atoms with Gasteiger partial charge in [-0.25, -0.2) is 9.59 Å². The van der Waals surface area contributed by atoms with Gasteiger partial charge >= 0.3 is 12.1 Å². The summed E-state index contributed by atoms with van der Waals surface area (Å²) in [6, 6.07) is 6.64. The third-order valence-corrected chi connectivity index (χ3v) is 2.42. The summed E-state index contributed by atoms with van der Waals surface area (Å²) in [5.41, 5.74) is 0.136. The SMILES string of the molecule is CC(C)(C)OC(=O)Nc1ccccc1NC(=O)C=CC=CC(=O)O. The Hall–Kier alpha value is -3.09. The Labute approximate surface area is 140 Å². The van der Waals surface area contributed by atoms with Gasteiger partial charge < -0.3 is 15.2 Å². The smallest absolute Gasteiger partial charge is 0.412 e. The molecule has 0 aliphatic carbocycles. The fourth-order valence-electron chi connectivity index (χ4n) is 1.57. The van der Waals surface area contributed by atoms with Crippen LogP contribution in [0.15, 0.2) is 48.6 Å². The van der Waals surface area contributed by atoms with Gasteiger partial charge in [0.1, 0.15) is 5.60 Å². The summed E-state index contributed by atoms with van der Waals surface area (Å²) in [7, 11) is 0. The molecule has 0 bridgehead atoms. The molecule has 1 aromatic rings. The van der Waals surface area contributed by atoms with E-state index in [-0.39, 0.29) is 0 Å². The first-order valence-corrected chi connectivity index (χ1v) is 7.15. The number of hydrogen-bond donors (Lipinski definition) is 3. The van der Waals surface area contributed by atoms with E-state index in [1.54, 1.807) is 45.0 Å². The molecule has 128 valence electrons. The summed E-state index contributed by atoms with van der Waals surface area (Å²) >= 11 is 0. The summed E-state index contributed by atoms with van der Waals surface area (Å²) in [5.74, 6) is -1.57. The summed E-state index contributed by atoms with van der Waals surface area (Å²) in [4.78, 5) is 33.9. The first kappa shape index (κ1) is 19.0. The van der Waals surface area contributed by atoms with Gasteiger partial charge in [0.2, 0.25) is 5.91 Å². The minimum Gasteiger partial charge on any atom is -0.478 e. The Morgan fingerprint density at radius 2 is 1.54 bits per heavy atom. The highest BCUT2D eigenvalue weighted by molar-refractivity contribution is 6.03. The van der Waals surface area contributed by atoms with Crippen LogP contribution in [0.5, 0.6) is 0 Å². The largest absolute Gasteiger partial charge is 0.478 e. The Bertz CT molecular complexity index is 672. The lowest BCUT2D eigenvalue weighted by Gasteiger charge is -2.20. The Morgan fingerprint density at radius 1 is 1.00 bits per heavy atom. The number of carbonyl (C=O) groups excluding carboxylic acids is 2. The van der Waals surface area contributed by atoms with E-state index in [1.165, 1.54) is 18.2 Å². The van der Waals surface area contributed by atoms with Crippen molar-refractivity contribution in [2.75, 3.05) is 10.6 Å². The second-order valence-corrected chi connectivity index (χ2v) is 5.72. The molecular weight excluding hydrogens is 312 g/mol. The number of hydrogen-bond acceptors (Lipinski definition) is 4. The standard InChI is InChI=1S/C17H20N2O5/c1-17(2,3)24-16(23)19-13-9-5-4-8-12(13)18-14(20)10-6-7-11-15(21)22/h4-11H,1-3H3,(H,18,20)(H,19,23)(H,21,22). The monoisotopic (exact) mass is 332 g/mol. The molecule has 0 heterocycles. The van der Waals surface area contributed by atoms with Crippen molar-refractivity contribution in [1.29, 1.82) is 0 Å². The van der Waals surface area contributed by atoms with Crippen molar-refractivity contribution >= 4 is 29.3 Å². The van der Waals surface area contributed by atoms with Crippen LogP contribution in [0.25, 0.3) is 0 Å². The molecule has 7 nitrogen and oxygen atoms in total. The van der Waals surface area contributed by atoms with Gasteiger partial charge in [-0.15, -0.1) is 0 Å². The number of para-hydroxylation sites is 2. The fraction of sp³-hybridized carbons (Fsp3) is 0.235. The molecule has 1 rings (SSSR count). The summed E-state index contributed by atoms with van der Waals surface area (Å²) < 4.78 is 5.16. The van der Waals surface area contributed by atoms with Gasteiger partial charge in [-0.05, 0) is 32.9 Å². The predicted molar refractivity (Wildman–Crippen MR) is 90.8 cm³/mol. The minimum absolute atomic E-state index is 0.384. The van der Waals surface area contributed by atoms with Gasteiger partial charge in [0.25, 0.3) is 0 Å². The number of aliphatic carboxylic acids is 1. The lowest BCUT2D eigenvalue weighted by atomic mass is 10.2. The number of benzene rings is 1. The Morgan fingerprint density at radius 3 is 2.08 bits per heavy atom. The van der Waals surface area contributed by atoms with Gasteiger partial charge in [0.15, 0.2) is 0 Å². The van der Waals surface area contributed by atoms with Crippen molar-refractivity contribution in [1.82, 2.24) is 0 Å². The maximum Gasteiger partial charge on any atom is 0.412 e. The van der Waals surface area contributed by atoms with Crippen LogP contribution in [0.2, 0.25) is 0 Å². The Kier molecular flexibility index (Phi) is 6.73. The molecule has 0 radical (unpaired) electrons. The van der Waals surface area contributed by atoms with E-state index in [4.69, 9.17) is 9.84 Å². The zero-order valence-corrected chi connectivity index (χ0v) is 13.7. The van der Waals surface area contributed by atoms with Crippen molar-refractivity contribution in [2.45, 2.75) is 26.4 Å². The molecule has 0 aromatic heterocycles. The van der Waals surface area contributed by atoms with Crippen LogP contribution in [0.1, 0.15) is 20.8 Å². The minimum atomic E-state index is -1.10. The summed E-state index contributed by atoms with van der Waals surface area (Å²) in [6.07, 6.45) is 3.97. The molecule has 0 aliphatic heterocycles. The van der Waals surface area contributed by atoms with E-state index in [0.29, 0.717) is 11.4 Å². The van der Waals surface area contributed by atoms with Crippen LogP contribution in [0.3, 0.4) is 0 Å². The van der Waals surface area contributed by atoms with E-state index in [9.17, 15) is 14.4 Å². The number of carboxylic acid groups (broad SMARTS) is 1. The molecule has 24 heavy (non-hydrogen) atoms. The highest BCUT2D eigenvalue weighted by Gasteiger charge is 2.17. The van der Waals surface area contributed by atoms with Gasteiger partial charge in [-0.3, -0.25) is 10.1 Å². The molecule has 0 saturated carbocycles. The van der Waals surface area contributed by atoms with Crippen molar-refractivity contribution in [3.63, 3.8) is 0 Å². The number of carbonyl (C=O) groups is 3. The molecule has 3 N–H and O–H groups in total. The maximum atomic E-state index is 11.8. The van der Waals surface area contributed by atoms with Gasteiger partial charge in [-0.1, -0.05) is 24.3 Å². The maximum absolute atomic E-state index is 11.8. The number of carboxylic acids is 1. The second-order valence-electron chi connectivity index (χ2n) is 5.72. The first-order chi connectivity index (χ1) is 11.2. The van der Waals surface area contributed by atoms with E-state index in [2.05, 4.69) is 10.6 Å². The molecule has 0 spiro atoms. The van der Waals surface area contributed by atoms with Crippen LogP contribution in [-0.4, -0.2) is 28.7 Å². The first-order valence-electron chi connectivity index (χ1n) is 7.15. The number of amides is 2. The quantitative estimate of drug-likeness (QED) is 0.567. The van der Waals surface area contributed by atoms with Crippen LogP contribution >= 0.6 is 0 Å². The lowest BCUT2D eigenvalue weighted by Crippen LogP contribution is -2.27. The van der Waals surface area contributed by atoms with E-state index < -0.39 is 23.6 Å². The molecule has 7 heteroatoms. The van der Waals surface area contributed by atoms with Crippen LogP contribution in [0.4, 0.5) is 16.2 Å². The Balaban J connectivity index is 2.74. The normalized spacial score (nSPS) is 11.5. The molecule has 0 atom stereocenters. The second kappa shape index (κ2) is 8.52. The van der Waals surface area contributed by atoms with Crippen LogP contribution in [-0.2, 0) is 14.3 Å². The predicted octanol–water partition coefficient (Wildman–Crippen LogP) is 3.17. The van der Waals surface area contributed by atoms with Crippen molar-refractivity contribution in [3.8, 4) is 0 Å². The molecule has 0 aliphatic rings. The molecular formula is C17H20N2O5. The molecule has 0 saturated heterocycles. The highest BCUT2D eigenvalue weighted by Crippen LogP contribution is 2.22. The number of anilines is 2. The zero-order valence-electron chi connectivity index (χ0n) is 13.7. The summed E-state index contributed by atoms with van der Waals surface area (Å²) in [5, 5.41) is 13.6. The van der Waals surface area contributed by atoms with Gasteiger partial charge in [-0.2, -0.15) is 0 Å². The van der Waals surface area contributed by atoms with Crippen molar-refractivity contribution < 1.29 is 24.2 Å². The van der Waals surface area contributed by atoms with E-state index >= 15 is 0 Å². The average molecular weight is 332 g/mol.